The molecule has 0 N–H and O–H groups in total. The van der Waals surface area contributed by atoms with E-state index in [9.17, 15) is 19.2 Å². The van der Waals surface area contributed by atoms with Gasteiger partial charge in [-0.15, -0.1) is 0 Å². The van der Waals surface area contributed by atoms with Gasteiger partial charge in [-0.2, -0.15) is 0 Å². The maximum absolute atomic E-state index is 11.9. The molecule has 7 nitrogen and oxygen atoms in total. The van der Waals surface area contributed by atoms with Crippen molar-refractivity contribution in [2.45, 2.75) is 12.5 Å². The van der Waals surface area contributed by atoms with Crippen molar-refractivity contribution in [1.82, 2.24) is 0 Å². The number of Topliss-reactive ketones (excluding diaryl/α,β-unsaturated/α-hetero) is 1. The molecule has 0 bridgehead atoms. The van der Waals surface area contributed by atoms with E-state index >= 15 is 0 Å². The fraction of sp³-hybridized carbons (Fsp3) is 0.286. The Balaban J connectivity index is 1.73. The van der Waals surface area contributed by atoms with Crippen molar-refractivity contribution in [2.75, 3.05) is 18.1 Å². The van der Waals surface area contributed by atoms with E-state index in [1.807, 2.05) is 0 Å². The first-order chi connectivity index (χ1) is 10.1. The lowest BCUT2D eigenvalue weighted by molar-refractivity contribution is -0.159. The number of hydrogen-bond acceptors (Lipinski definition) is 6. The van der Waals surface area contributed by atoms with Crippen LogP contribution in [0.5, 0.6) is 0 Å². The molecule has 0 aromatic heterocycles. The summed E-state index contributed by atoms with van der Waals surface area (Å²) >= 11 is 0. The Hall–Kier alpha value is -2.70. The van der Waals surface area contributed by atoms with Crippen molar-refractivity contribution in [2.24, 2.45) is 0 Å². The highest BCUT2D eigenvalue weighted by Gasteiger charge is 2.38. The SMILES string of the molecule is O=C(CN1C(=O)C(=O)c2ccccc21)O[C@H]1CCOC1=O. The highest BCUT2D eigenvalue weighted by molar-refractivity contribution is 6.52. The number of esters is 2. The van der Waals surface area contributed by atoms with Crippen LogP contribution < -0.4 is 4.90 Å². The quantitative estimate of drug-likeness (QED) is 0.578. The molecule has 2 heterocycles. The van der Waals surface area contributed by atoms with Gasteiger partial charge in [-0.05, 0) is 12.1 Å². The van der Waals surface area contributed by atoms with Gasteiger partial charge in [0.15, 0.2) is 0 Å². The molecule has 1 saturated heterocycles. The number of rotatable bonds is 3. The molecule has 1 amide bonds. The Morgan fingerprint density at radius 1 is 1.29 bits per heavy atom. The van der Waals surface area contributed by atoms with Crippen LogP contribution in [0.1, 0.15) is 16.8 Å². The van der Waals surface area contributed by atoms with E-state index in [1.165, 1.54) is 6.07 Å². The fourth-order valence-electron chi connectivity index (χ4n) is 2.31. The topological polar surface area (TPSA) is 90.0 Å². The maximum Gasteiger partial charge on any atom is 0.347 e. The average molecular weight is 289 g/mol. The second kappa shape index (κ2) is 5.01. The number of ketones is 1. The molecule has 2 aliphatic heterocycles. The summed E-state index contributed by atoms with van der Waals surface area (Å²) in [6.07, 6.45) is -0.630. The summed E-state index contributed by atoms with van der Waals surface area (Å²) in [5.74, 6) is -2.77. The number of benzene rings is 1. The Kier molecular flexibility index (Phi) is 3.17. The number of amides is 1. The molecule has 1 atom stereocenters. The highest BCUT2D eigenvalue weighted by atomic mass is 16.6. The van der Waals surface area contributed by atoms with Crippen molar-refractivity contribution in [3.63, 3.8) is 0 Å². The van der Waals surface area contributed by atoms with Gasteiger partial charge >= 0.3 is 11.9 Å². The van der Waals surface area contributed by atoms with Crippen LogP contribution in [0.15, 0.2) is 24.3 Å². The second-order valence-corrected chi connectivity index (χ2v) is 4.67. The van der Waals surface area contributed by atoms with Crippen molar-refractivity contribution in [3.05, 3.63) is 29.8 Å². The van der Waals surface area contributed by atoms with Gasteiger partial charge in [-0.25, -0.2) is 4.79 Å². The number of carbonyl (C=O) groups is 4. The molecular formula is C14H11NO6. The van der Waals surface area contributed by atoms with Crippen molar-refractivity contribution in [3.8, 4) is 0 Å². The van der Waals surface area contributed by atoms with Crippen LogP contribution in [0.3, 0.4) is 0 Å². The lowest BCUT2D eigenvalue weighted by Gasteiger charge is -2.16. The summed E-state index contributed by atoms with van der Waals surface area (Å²) < 4.78 is 9.65. The van der Waals surface area contributed by atoms with E-state index < -0.39 is 36.3 Å². The Bertz CT molecular complexity index is 653. The van der Waals surface area contributed by atoms with Gasteiger partial charge < -0.3 is 9.47 Å². The number of hydrogen-bond donors (Lipinski definition) is 0. The highest BCUT2D eigenvalue weighted by Crippen LogP contribution is 2.28. The maximum atomic E-state index is 11.9. The summed E-state index contributed by atoms with van der Waals surface area (Å²) in [6, 6.07) is 6.40. The summed E-state index contributed by atoms with van der Waals surface area (Å²) in [4.78, 5) is 47.8. The lowest BCUT2D eigenvalue weighted by Crippen LogP contribution is -2.37. The minimum atomic E-state index is -0.929. The van der Waals surface area contributed by atoms with E-state index in [4.69, 9.17) is 4.74 Å². The van der Waals surface area contributed by atoms with E-state index in [1.54, 1.807) is 18.2 Å². The number of ether oxygens (including phenoxy) is 2. The van der Waals surface area contributed by atoms with E-state index in [-0.39, 0.29) is 12.2 Å². The third kappa shape index (κ3) is 2.26. The van der Waals surface area contributed by atoms with Crippen LogP contribution in [0.25, 0.3) is 0 Å². The summed E-state index contributed by atoms with van der Waals surface area (Å²) in [5, 5.41) is 0. The molecule has 7 heteroatoms. The molecule has 1 aromatic rings. The number of carbonyl (C=O) groups excluding carboxylic acids is 4. The Labute approximate surface area is 119 Å². The fourth-order valence-corrected chi connectivity index (χ4v) is 2.31. The lowest BCUT2D eigenvalue weighted by atomic mass is 10.1. The van der Waals surface area contributed by atoms with Crippen LogP contribution in [0.4, 0.5) is 5.69 Å². The Morgan fingerprint density at radius 2 is 2.05 bits per heavy atom. The normalized spacial score (nSPS) is 20.5. The predicted octanol–water partition coefficient (Wildman–Crippen LogP) is 0.0746. The molecule has 21 heavy (non-hydrogen) atoms. The third-order valence-corrected chi connectivity index (χ3v) is 3.33. The molecule has 0 aliphatic carbocycles. The van der Waals surface area contributed by atoms with E-state index in [0.29, 0.717) is 12.1 Å². The van der Waals surface area contributed by atoms with Crippen LogP contribution in [-0.2, 0) is 23.9 Å². The number of anilines is 1. The Morgan fingerprint density at radius 3 is 2.76 bits per heavy atom. The first kappa shape index (κ1) is 13.3. The third-order valence-electron chi connectivity index (χ3n) is 3.33. The number of para-hydroxylation sites is 1. The van der Waals surface area contributed by atoms with Crippen LogP contribution in [-0.4, -0.2) is 42.9 Å². The van der Waals surface area contributed by atoms with Crippen LogP contribution in [0.2, 0.25) is 0 Å². The molecule has 0 saturated carbocycles. The minimum absolute atomic E-state index is 0.209. The van der Waals surface area contributed by atoms with Gasteiger partial charge in [0.1, 0.15) is 6.54 Å². The van der Waals surface area contributed by atoms with E-state index in [0.717, 1.165) is 4.90 Å². The zero-order valence-electron chi connectivity index (χ0n) is 10.9. The van der Waals surface area contributed by atoms with Gasteiger partial charge in [0.2, 0.25) is 6.10 Å². The smallest absolute Gasteiger partial charge is 0.347 e. The number of fused-ring (bicyclic) bond motifs is 1. The molecule has 0 unspecified atom stereocenters. The monoisotopic (exact) mass is 289 g/mol. The molecule has 3 rings (SSSR count). The molecule has 1 aromatic carbocycles. The molecule has 108 valence electrons. The number of nitrogens with zero attached hydrogens (tertiary/aromatic N) is 1. The summed E-state index contributed by atoms with van der Waals surface area (Å²) in [5.41, 5.74) is 0.633. The van der Waals surface area contributed by atoms with Crippen molar-refractivity contribution in [1.29, 1.82) is 0 Å². The van der Waals surface area contributed by atoms with Gasteiger partial charge in [0.05, 0.1) is 17.9 Å². The first-order valence-corrected chi connectivity index (χ1v) is 6.39. The second-order valence-electron chi connectivity index (χ2n) is 4.67. The zero-order chi connectivity index (χ0) is 15.0. The van der Waals surface area contributed by atoms with Crippen LogP contribution in [0, 0.1) is 0 Å². The van der Waals surface area contributed by atoms with Gasteiger partial charge in [0, 0.05) is 6.42 Å². The van der Waals surface area contributed by atoms with Gasteiger partial charge in [-0.1, -0.05) is 12.1 Å². The van der Waals surface area contributed by atoms with Crippen molar-refractivity contribution >= 4 is 29.3 Å². The molecular weight excluding hydrogens is 278 g/mol. The van der Waals surface area contributed by atoms with Crippen LogP contribution >= 0.6 is 0 Å². The molecule has 0 spiro atoms. The minimum Gasteiger partial charge on any atom is -0.463 e. The average Bonchev–Trinajstić information content (AvgIpc) is 2.97. The standard InChI is InChI=1S/C14H11NO6/c16-11(21-10-5-6-20-14(10)19)7-15-9-4-2-1-3-8(9)12(17)13(15)18/h1-4,10H,5-7H2/t10-/m0/s1. The predicted molar refractivity (Wildman–Crippen MR) is 68.6 cm³/mol. The van der Waals surface area contributed by atoms with Gasteiger partial charge in [-0.3, -0.25) is 19.3 Å². The number of cyclic esters (lactones) is 1. The summed E-state index contributed by atoms with van der Waals surface area (Å²) in [6.45, 7) is -0.202. The van der Waals surface area contributed by atoms with E-state index in [2.05, 4.69) is 4.74 Å². The first-order valence-electron chi connectivity index (χ1n) is 6.39. The molecule has 1 fully saturated rings. The largest absolute Gasteiger partial charge is 0.463 e. The molecule has 2 aliphatic rings. The zero-order valence-corrected chi connectivity index (χ0v) is 10.9. The summed E-state index contributed by atoms with van der Waals surface area (Å²) in [7, 11) is 0. The van der Waals surface area contributed by atoms with Crippen molar-refractivity contribution < 1.29 is 28.7 Å². The molecule has 0 radical (unpaired) electrons. The van der Waals surface area contributed by atoms with Gasteiger partial charge in [0.25, 0.3) is 11.7 Å².